The van der Waals surface area contributed by atoms with Gasteiger partial charge in [0.1, 0.15) is 0 Å². The van der Waals surface area contributed by atoms with Crippen LogP contribution in [0.15, 0.2) is 77.7 Å². The summed E-state index contributed by atoms with van der Waals surface area (Å²) in [5.41, 5.74) is 0.674. The van der Waals surface area contributed by atoms with E-state index in [9.17, 15) is 13.5 Å². The first kappa shape index (κ1) is 15.7. The predicted octanol–water partition coefficient (Wildman–Crippen LogP) is 2.85. The monoisotopic (exact) mass is 327 g/mol. The van der Waals surface area contributed by atoms with Gasteiger partial charge < -0.3 is 5.11 Å². The Morgan fingerprint density at radius 3 is 2.30 bits per heavy atom. The van der Waals surface area contributed by atoms with E-state index in [0.29, 0.717) is 10.9 Å². The highest BCUT2D eigenvalue weighted by Gasteiger charge is 2.18. The van der Waals surface area contributed by atoms with Gasteiger partial charge in [-0.05, 0) is 17.0 Å². The van der Waals surface area contributed by atoms with E-state index >= 15 is 0 Å². The summed E-state index contributed by atoms with van der Waals surface area (Å²) in [7, 11) is -3.70. The molecule has 0 saturated carbocycles. The van der Waals surface area contributed by atoms with Crippen LogP contribution in [0.1, 0.15) is 11.7 Å². The average molecular weight is 327 g/mol. The zero-order valence-corrected chi connectivity index (χ0v) is 13.2. The first-order valence-corrected chi connectivity index (χ1v) is 8.77. The number of aliphatic hydroxyl groups is 1. The molecule has 0 radical (unpaired) electrons. The normalized spacial score (nSPS) is 13.1. The lowest BCUT2D eigenvalue weighted by Crippen LogP contribution is -2.28. The molecule has 4 nitrogen and oxygen atoms in total. The van der Waals surface area contributed by atoms with Crippen molar-refractivity contribution in [1.82, 2.24) is 4.72 Å². The fourth-order valence-electron chi connectivity index (χ4n) is 2.49. The molecule has 1 unspecified atom stereocenters. The maximum atomic E-state index is 12.6. The SMILES string of the molecule is O=S(=O)(NCC(O)c1ccccc1)c1cccc2ccccc12. The lowest BCUT2D eigenvalue weighted by atomic mass is 10.1. The minimum atomic E-state index is -3.70. The Labute approximate surface area is 135 Å². The van der Waals surface area contributed by atoms with Gasteiger partial charge in [-0.3, -0.25) is 0 Å². The molecule has 0 aliphatic rings. The van der Waals surface area contributed by atoms with Crippen LogP contribution in [0, 0.1) is 0 Å². The van der Waals surface area contributed by atoms with Crippen molar-refractivity contribution in [2.24, 2.45) is 0 Å². The molecule has 1 atom stereocenters. The van der Waals surface area contributed by atoms with E-state index in [0.717, 1.165) is 5.39 Å². The second-order valence-corrected chi connectivity index (χ2v) is 6.99. The molecule has 0 saturated heterocycles. The van der Waals surface area contributed by atoms with Crippen molar-refractivity contribution in [3.05, 3.63) is 78.4 Å². The molecule has 3 rings (SSSR count). The molecular formula is C18H17NO3S. The number of sulfonamides is 1. The van der Waals surface area contributed by atoms with Crippen molar-refractivity contribution < 1.29 is 13.5 Å². The van der Waals surface area contributed by atoms with E-state index in [-0.39, 0.29) is 11.4 Å². The highest BCUT2D eigenvalue weighted by molar-refractivity contribution is 7.89. The van der Waals surface area contributed by atoms with Crippen LogP contribution in [0.5, 0.6) is 0 Å². The molecule has 3 aromatic rings. The molecule has 2 N–H and O–H groups in total. The topological polar surface area (TPSA) is 66.4 Å². The van der Waals surface area contributed by atoms with Crippen LogP contribution < -0.4 is 4.72 Å². The Hall–Kier alpha value is -2.21. The Bertz CT molecular complexity index is 902. The number of hydrogen-bond donors (Lipinski definition) is 2. The third kappa shape index (κ3) is 3.42. The number of hydrogen-bond acceptors (Lipinski definition) is 3. The third-order valence-electron chi connectivity index (χ3n) is 3.69. The lowest BCUT2D eigenvalue weighted by Gasteiger charge is -2.13. The van der Waals surface area contributed by atoms with Gasteiger partial charge in [-0.15, -0.1) is 0 Å². The zero-order valence-electron chi connectivity index (χ0n) is 12.4. The molecule has 0 aliphatic carbocycles. The van der Waals surface area contributed by atoms with Crippen LogP contribution >= 0.6 is 0 Å². The highest BCUT2D eigenvalue weighted by atomic mass is 32.2. The molecule has 0 heterocycles. The summed E-state index contributed by atoms with van der Waals surface area (Å²) in [4.78, 5) is 0.218. The summed E-state index contributed by atoms with van der Waals surface area (Å²) in [6.45, 7) is -0.0738. The van der Waals surface area contributed by atoms with E-state index in [2.05, 4.69) is 4.72 Å². The van der Waals surface area contributed by atoms with Gasteiger partial charge in [0.15, 0.2) is 0 Å². The summed E-state index contributed by atoms with van der Waals surface area (Å²) in [5, 5.41) is 11.6. The van der Waals surface area contributed by atoms with Crippen molar-refractivity contribution >= 4 is 20.8 Å². The van der Waals surface area contributed by atoms with Gasteiger partial charge in [0.05, 0.1) is 11.0 Å². The van der Waals surface area contributed by atoms with Crippen molar-refractivity contribution in [1.29, 1.82) is 0 Å². The van der Waals surface area contributed by atoms with Gasteiger partial charge in [-0.25, -0.2) is 13.1 Å². The lowest BCUT2D eigenvalue weighted by molar-refractivity contribution is 0.182. The van der Waals surface area contributed by atoms with Gasteiger partial charge in [0, 0.05) is 11.9 Å². The molecule has 118 valence electrons. The van der Waals surface area contributed by atoms with E-state index in [1.165, 1.54) is 0 Å². The van der Waals surface area contributed by atoms with Crippen LogP contribution in [0.4, 0.5) is 0 Å². The second kappa shape index (κ2) is 6.50. The number of fused-ring (bicyclic) bond motifs is 1. The van der Waals surface area contributed by atoms with Crippen LogP contribution in [0.25, 0.3) is 10.8 Å². The third-order valence-corrected chi connectivity index (χ3v) is 5.17. The Balaban J connectivity index is 1.84. The predicted molar refractivity (Wildman–Crippen MR) is 90.5 cm³/mol. The molecule has 0 fully saturated rings. The van der Waals surface area contributed by atoms with Crippen LogP contribution in [0.2, 0.25) is 0 Å². The first-order chi connectivity index (χ1) is 11.1. The summed E-state index contributed by atoms with van der Waals surface area (Å²) in [6.07, 6.45) is -0.888. The van der Waals surface area contributed by atoms with Gasteiger partial charge >= 0.3 is 0 Å². The Morgan fingerprint density at radius 1 is 0.870 bits per heavy atom. The van der Waals surface area contributed by atoms with E-state index < -0.39 is 16.1 Å². The van der Waals surface area contributed by atoms with Crippen LogP contribution in [-0.2, 0) is 10.0 Å². The molecule has 0 aliphatic heterocycles. The highest BCUT2D eigenvalue weighted by Crippen LogP contribution is 2.23. The van der Waals surface area contributed by atoms with E-state index in [4.69, 9.17) is 0 Å². The maximum Gasteiger partial charge on any atom is 0.241 e. The minimum Gasteiger partial charge on any atom is -0.387 e. The van der Waals surface area contributed by atoms with Crippen molar-refractivity contribution in [3.8, 4) is 0 Å². The van der Waals surface area contributed by atoms with Crippen molar-refractivity contribution in [3.63, 3.8) is 0 Å². The van der Waals surface area contributed by atoms with Crippen LogP contribution in [0.3, 0.4) is 0 Å². The van der Waals surface area contributed by atoms with E-state index in [1.54, 1.807) is 48.5 Å². The number of rotatable bonds is 5. The zero-order chi connectivity index (χ0) is 16.3. The fraction of sp³-hybridized carbons (Fsp3) is 0.111. The average Bonchev–Trinajstić information content (AvgIpc) is 2.60. The largest absolute Gasteiger partial charge is 0.387 e. The van der Waals surface area contributed by atoms with Crippen molar-refractivity contribution in [2.75, 3.05) is 6.54 Å². The quantitative estimate of drug-likeness (QED) is 0.757. The molecular weight excluding hydrogens is 310 g/mol. The Kier molecular flexibility index (Phi) is 4.43. The smallest absolute Gasteiger partial charge is 0.241 e. The molecule has 23 heavy (non-hydrogen) atoms. The van der Waals surface area contributed by atoms with Gasteiger partial charge in [-0.1, -0.05) is 66.7 Å². The van der Waals surface area contributed by atoms with Crippen molar-refractivity contribution in [2.45, 2.75) is 11.0 Å². The standard InChI is InChI=1S/C18H17NO3S/c20-17(15-8-2-1-3-9-15)13-19-23(21,22)18-12-6-10-14-7-4-5-11-16(14)18/h1-12,17,19-20H,13H2. The number of aliphatic hydroxyl groups excluding tert-OH is 1. The molecule has 0 spiro atoms. The molecule has 0 aromatic heterocycles. The first-order valence-electron chi connectivity index (χ1n) is 7.28. The summed E-state index contributed by atoms with van der Waals surface area (Å²) in [6, 6.07) is 21.4. The second-order valence-electron chi connectivity index (χ2n) is 5.26. The Morgan fingerprint density at radius 2 is 1.52 bits per heavy atom. The van der Waals surface area contributed by atoms with Crippen LogP contribution in [-0.4, -0.2) is 20.1 Å². The van der Waals surface area contributed by atoms with Gasteiger partial charge in [0.2, 0.25) is 10.0 Å². The molecule has 0 amide bonds. The fourth-order valence-corrected chi connectivity index (χ4v) is 3.76. The minimum absolute atomic E-state index is 0.0738. The molecule has 3 aromatic carbocycles. The number of benzene rings is 3. The van der Waals surface area contributed by atoms with E-state index in [1.807, 2.05) is 24.3 Å². The van der Waals surface area contributed by atoms with Gasteiger partial charge in [0.25, 0.3) is 0 Å². The summed E-state index contributed by atoms with van der Waals surface area (Å²) in [5.74, 6) is 0. The summed E-state index contributed by atoms with van der Waals surface area (Å²) < 4.78 is 27.6. The number of nitrogens with one attached hydrogen (secondary N) is 1. The summed E-state index contributed by atoms with van der Waals surface area (Å²) >= 11 is 0. The van der Waals surface area contributed by atoms with Gasteiger partial charge in [-0.2, -0.15) is 0 Å². The maximum absolute atomic E-state index is 12.6. The molecule has 5 heteroatoms. The molecule has 0 bridgehead atoms.